The summed E-state index contributed by atoms with van der Waals surface area (Å²) in [5.41, 5.74) is 12.2. The quantitative estimate of drug-likeness (QED) is 0.225. The van der Waals surface area contributed by atoms with Crippen LogP contribution in [0, 0.1) is 0 Å². The van der Waals surface area contributed by atoms with Crippen LogP contribution in [0.25, 0.3) is 48.6 Å². The fraction of sp³-hybridized carbons (Fsp3) is 0.400. The zero-order valence-electron chi connectivity index (χ0n) is 27.9. The van der Waals surface area contributed by atoms with Crippen LogP contribution in [0.3, 0.4) is 0 Å². The van der Waals surface area contributed by atoms with Crippen LogP contribution in [0.2, 0.25) is 0 Å². The molecule has 0 unspecified atom stereocenters. The highest BCUT2D eigenvalue weighted by atomic mass is 32.1. The SMILES string of the molecule is CCc1c(CC)c2sc1=CC=c1sc(c(CC)c1CC)=CC=c1sc(c(CC)c1CC)=CC=c1sc(c(CC)c1CC)=CC=2. The van der Waals surface area contributed by atoms with E-state index >= 15 is 0 Å². The van der Waals surface area contributed by atoms with Crippen LogP contribution >= 0.6 is 45.3 Å². The molecule has 5 heterocycles. The molecule has 1 aliphatic heterocycles. The van der Waals surface area contributed by atoms with Crippen LogP contribution < -0.4 is 36.3 Å². The molecule has 232 valence electrons. The second kappa shape index (κ2) is 14.9. The summed E-state index contributed by atoms with van der Waals surface area (Å²) >= 11 is 7.90. The van der Waals surface area contributed by atoms with Crippen LogP contribution in [0.5, 0.6) is 0 Å². The van der Waals surface area contributed by atoms with Gasteiger partial charge in [-0.05, 0) is 144 Å². The fourth-order valence-corrected chi connectivity index (χ4v) is 12.1. The fourth-order valence-electron chi connectivity index (χ4n) is 6.94. The zero-order chi connectivity index (χ0) is 31.4. The number of hydrogen-bond donors (Lipinski definition) is 0. The maximum atomic E-state index is 2.42. The molecule has 4 aromatic rings. The molecule has 1 aliphatic rings. The van der Waals surface area contributed by atoms with Gasteiger partial charge in [-0.1, -0.05) is 55.4 Å². The molecule has 0 aromatic carbocycles. The van der Waals surface area contributed by atoms with E-state index in [-0.39, 0.29) is 0 Å². The van der Waals surface area contributed by atoms with Gasteiger partial charge in [0.2, 0.25) is 0 Å². The minimum absolute atomic E-state index is 1.07. The first kappa shape index (κ1) is 33.1. The first-order chi connectivity index (χ1) is 21.5. The predicted octanol–water partition coefficient (Wildman–Crippen LogP) is 5.79. The Kier molecular flexibility index (Phi) is 11.2. The normalized spacial score (nSPS) is 12.9. The summed E-state index contributed by atoms with van der Waals surface area (Å²) in [6, 6.07) is 0. The van der Waals surface area contributed by atoms with Gasteiger partial charge in [0.05, 0.1) is 0 Å². The van der Waals surface area contributed by atoms with Gasteiger partial charge in [-0.2, -0.15) is 0 Å². The van der Waals surface area contributed by atoms with Gasteiger partial charge in [-0.25, -0.2) is 0 Å². The van der Waals surface area contributed by atoms with Crippen molar-refractivity contribution in [2.45, 2.75) is 107 Å². The lowest BCUT2D eigenvalue weighted by Gasteiger charge is -1.99. The third-order valence-corrected chi connectivity index (χ3v) is 13.9. The minimum Gasteiger partial charge on any atom is -0.136 e. The average Bonchev–Trinajstić information content (AvgIpc) is 3.77. The molecule has 4 heteroatoms. The van der Waals surface area contributed by atoms with Crippen LogP contribution in [0.15, 0.2) is 0 Å². The Morgan fingerprint density at radius 2 is 0.364 bits per heavy atom. The van der Waals surface area contributed by atoms with Crippen molar-refractivity contribution in [3.05, 3.63) is 80.8 Å². The Labute approximate surface area is 279 Å². The molecular weight excluding hydrogens is 609 g/mol. The third kappa shape index (κ3) is 6.25. The molecule has 0 saturated carbocycles. The summed E-state index contributed by atoms with van der Waals surface area (Å²) in [5, 5.41) is 0. The van der Waals surface area contributed by atoms with Gasteiger partial charge in [0, 0.05) is 36.3 Å². The maximum absolute atomic E-state index is 2.42. The van der Waals surface area contributed by atoms with Gasteiger partial charge in [-0.15, -0.1) is 45.3 Å². The molecule has 0 N–H and O–H groups in total. The van der Waals surface area contributed by atoms with E-state index in [1.165, 1.54) is 80.8 Å². The number of rotatable bonds is 8. The molecule has 8 bridgehead atoms. The largest absolute Gasteiger partial charge is 0.136 e. The van der Waals surface area contributed by atoms with Crippen LogP contribution in [0.1, 0.15) is 99.9 Å². The number of thiophene rings is 4. The Balaban J connectivity index is 1.97. The van der Waals surface area contributed by atoms with Crippen molar-refractivity contribution >= 4 is 94.0 Å². The molecule has 0 saturated heterocycles. The number of fused-ring (bicyclic) bond motifs is 8. The average molecular weight is 657 g/mol. The lowest BCUT2D eigenvalue weighted by Crippen LogP contribution is -2.07. The molecule has 4 aromatic heterocycles. The van der Waals surface area contributed by atoms with Crippen molar-refractivity contribution in [1.29, 1.82) is 0 Å². The molecule has 0 atom stereocenters. The minimum atomic E-state index is 1.07. The van der Waals surface area contributed by atoms with E-state index in [0.29, 0.717) is 0 Å². The molecule has 5 rings (SSSR count). The lowest BCUT2D eigenvalue weighted by molar-refractivity contribution is 1.04. The van der Waals surface area contributed by atoms with E-state index in [1.54, 1.807) is 0 Å². The van der Waals surface area contributed by atoms with E-state index in [1.807, 2.05) is 45.3 Å². The maximum Gasteiger partial charge on any atom is 0.0311 e. The summed E-state index contributed by atoms with van der Waals surface area (Å²) in [4.78, 5) is 0. The van der Waals surface area contributed by atoms with Gasteiger partial charge < -0.3 is 0 Å². The molecule has 44 heavy (non-hydrogen) atoms. The molecule has 0 aliphatic carbocycles. The molecule has 0 nitrogen and oxygen atoms in total. The summed E-state index contributed by atoms with van der Waals surface area (Å²) in [5.74, 6) is 0. The van der Waals surface area contributed by atoms with E-state index in [4.69, 9.17) is 0 Å². The highest BCUT2D eigenvalue weighted by molar-refractivity contribution is 7.09. The van der Waals surface area contributed by atoms with Crippen LogP contribution in [-0.2, 0) is 51.4 Å². The van der Waals surface area contributed by atoms with Crippen molar-refractivity contribution in [1.82, 2.24) is 0 Å². The lowest BCUT2D eigenvalue weighted by atomic mass is 10.0. The highest BCUT2D eigenvalue weighted by Gasteiger charge is 2.11. The van der Waals surface area contributed by atoms with Crippen LogP contribution in [0.4, 0.5) is 0 Å². The van der Waals surface area contributed by atoms with E-state index in [0.717, 1.165) is 51.4 Å². The first-order valence-corrected chi connectivity index (χ1v) is 20.0. The third-order valence-electron chi connectivity index (χ3n) is 9.09. The molecular formula is C40H48S4. The number of hydrogen-bond acceptors (Lipinski definition) is 4. The van der Waals surface area contributed by atoms with Gasteiger partial charge in [-0.3, -0.25) is 0 Å². The second-order valence-electron chi connectivity index (χ2n) is 11.3. The molecule has 0 fully saturated rings. The summed E-state index contributed by atoms with van der Waals surface area (Å²) in [7, 11) is 0. The van der Waals surface area contributed by atoms with Crippen molar-refractivity contribution < 1.29 is 0 Å². The van der Waals surface area contributed by atoms with Gasteiger partial charge >= 0.3 is 0 Å². The Morgan fingerprint density at radius 1 is 0.250 bits per heavy atom. The van der Waals surface area contributed by atoms with E-state index in [9.17, 15) is 0 Å². The van der Waals surface area contributed by atoms with Gasteiger partial charge in [0.25, 0.3) is 0 Å². The smallest absolute Gasteiger partial charge is 0.0311 e. The van der Waals surface area contributed by atoms with E-state index < -0.39 is 0 Å². The van der Waals surface area contributed by atoms with Crippen molar-refractivity contribution in [3.63, 3.8) is 0 Å². The van der Waals surface area contributed by atoms with Gasteiger partial charge in [0.15, 0.2) is 0 Å². The monoisotopic (exact) mass is 656 g/mol. The summed E-state index contributed by atoms with van der Waals surface area (Å²) < 4.78 is 11.4. The Hall–Kier alpha value is -2.24. The zero-order valence-corrected chi connectivity index (χ0v) is 31.2. The van der Waals surface area contributed by atoms with Gasteiger partial charge in [0.1, 0.15) is 0 Å². The topological polar surface area (TPSA) is 0 Å². The summed E-state index contributed by atoms with van der Waals surface area (Å²) in [6.45, 7) is 18.5. The first-order valence-electron chi connectivity index (χ1n) is 16.8. The van der Waals surface area contributed by atoms with Crippen molar-refractivity contribution in [3.8, 4) is 0 Å². The van der Waals surface area contributed by atoms with E-state index in [2.05, 4.69) is 104 Å². The highest BCUT2D eigenvalue weighted by Crippen LogP contribution is 2.11. The van der Waals surface area contributed by atoms with Crippen molar-refractivity contribution in [2.75, 3.05) is 0 Å². The standard InChI is InChI=1S/C40H48S4/c1-9-25-26(10-2)34-19-20-36-29(13-5)30(14-6)38(43-36)23-24-40-32(16-8)31(15-7)39(44-40)22-21-37-28(12-4)27(11-3)35(42-37)18-17-33(25)41-34/h17-24H,9-16H2,1-8H3. The molecule has 0 amide bonds. The Bertz CT molecular complexity index is 1690. The second-order valence-corrected chi connectivity index (χ2v) is 15.6. The predicted molar refractivity (Wildman–Crippen MR) is 205 cm³/mol. The van der Waals surface area contributed by atoms with Crippen LogP contribution in [-0.4, -0.2) is 0 Å². The summed E-state index contributed by atoms with van der Waals surface area (Å²) in [6.07, 6.45) is 28.0. The molecule has 0 spiro atoms. The Morgan fingerprint density at radius 3 is 0.455 bits per heavy atom. The van der Waals surface area contributed by atoms with Crippen molar-refractivity contribution in [2.24, 2.45) is 0 Å². The molecule has 0 radical (unpaired) electrons.